The number of benzene rings is 2. The molecule has 5 aromatic rings. The number of alkyl halides is 3. The summed E-state index contributed by atoms with van der Waals surface area (Å²) < 4.78 is 55.6. The zero-order valence-electron chi connectivity index (χ0n) is 18.7. The smallest absolute Gasteiger partial charge is 0.432 e. The Bertz CT molecular complexity index is 1560. The van der Waals surface area contributed by atoms with Crippen LogP contribution in [-0.2, 0) is 12.7 Å². The number of ether oxygens (including phenoxy) is 1. The number of nitrogens with zero attached hydrogens (tertiary/aromatic N) is 3. The molecule has 6 nitrogen and oxygen atoms in total. The molecule has 0 spiro atoms. The highest BCUT2D eigenvalue weighted by atomic mass is 35.5. The second-order valence-electron chi connectivity index (χ2n) is 7.91. The number of aromatic nitrogens is 3. The maximum Gasteiger partial charge on any atom is 0.432 e. The van der Waals surface area contributed by atoms with Crippen molar-refractivity contribution in [3.63, 3.8) is 0 Å². The second-order valence-corrected chi connectivity index (χ2v) is 8.35. The monoisotopic (exact) mass is 511 g/mol. The topological polar surface area (TPSA) is 70.2 Å². The van der Waals surface area contributed by atoms with Gasteiger partial charge in [0.05, 0.1) is 18.9 Å². The molecule has 0 bridgehead atoms. The predicted molar refractivity (Wildman–Crippen MR) is 127 cm³/mol. The Morgan fingerprint density at radius 1 is 1.08 bits per heavy atom. The number of halogens is 4. The lowest BCUT2D eigenvalue weighted by atomic mass is 10.1. The van der Waals surface area contributed by atoms with Crippen LogP contribution in [0.5, 0.6) is 5.75 Å². The van der Waals surface area contributed by atoms with Gasteiger partial charge in [-0.1, -0.05) is 23.7 Å². The lowest BCUT2D eigenvalue weighted by Crippen LogP contribution is -2.18. The van der Waals surface area contributed by atoms with Crippen molar-refractivity contribution in [1.82, 2.24) is 14.5 Å². The molecule has 5 rings (SSSR count). The number of methoxy groups -OCH3 is 1. The Balaban J connectivity index is 1.71. The predicted octanol–water partition coefficient (Wildman–Crippen LogP) is 6.65. The highest BCUT2D eigenvalue weighted by Gasteiger charge is 2.42. The summed E-state index contributed by atoms with van der Waals surface area (Å²) in [6.07, 6.45) is -0.511. The van der Waals surface area contributed by atoms with E-state index in [4.69, 9.17) is 20.8 Å². The molecular weight excluding hydrogens is 495 g/mol. The summed E-state index contributed by atoms with van der Waals surface area (Å²) in [5, 5.41) is 0.533. The molecule has 0 radical (unpaired) electrons. The fourth-order valence-corrected chi connectivity index (χ4v) is 4.18. The van der Waals surface area contributed by atoms with Gasteiger partial charge in [-0.05, 0) is 48.0 Å². The van der Waals surface area contributed by atoms with Crippen molar-refractivity contribution in [3.05, 3.63) is 101 Å². The van der Waals surface area contributed by atoms with Crippen LogP contribution in [0, 0.1) is 0 Å². The Labute approximate surface area is 207 Å². The average molecular weight is 512 g/mol. The molecule has 0 N–H and O–H groups in total. The number of ketones is 1. The lowest BCUT2D eigenvalue weighted by Gasteiger charge is -2.14. The van der Waals surface area contributed by atoms with Crippen LogP contribution in [0.2, 0.25) is 5.02 Å². The fourth-order valence-electron chi connectivity index (χ4n) is 4.06. The molecule has 36 heavy (non-hydrogen) atoms. The number of fused-ring (bicyclic) bond motifs is 1. The van der Waals surface area contributed by atoms with Gasteiger partial charge in [-0.3, -0.25) is 9.78 Å². The van der Waals surface area contributed by atoms with Crippen LogP contribution >= 0.6 is 11.6 Å². The number of carbonyl (C=O) groups is 1. The molecule has 0 fully saturated rings. The molecule has 3 heterocycles. The first-order valence-electron chi connectivity index (χ1n) is 10.7. The summed E-state index contributed by atoms with van der Waals surface area (Å²) in [5.41, 5.74) is -0.294. The van der Waals surface area contributed by atoms with Gasteiger partial charge in [-0.2, -0.15) is 13.2 Å². The summed E-state index contributed by atoms with van der Waals surface area (Å²) in [7, 11) is 1.40. The van der Waals surface area contributed by atoms with Crippen LogP contribution in [-0.4, -0.2) is 27.4 Å². The van der Waals surface area contributed by atoms with Crippen molar-refractivity contribution in [1.29, 1.82) is 0 Å². The summed E-state index contributed by atoms with van der Waals surface area (Å²) >= 11 is 5.94. The Morgan fingerprint density at radius 2 is 1.81 bits per heavy atom. The molecule has 0 aliphatic heterocycles. The van der Waals surface area contributed by atoms with Crippen LogP contribution in [0.4, 0.5) is 13.2 Å². The Kier molecular flexibility index (Phi) is 6.01. The first-order chi connectivity index (χ1) is 17.3. The number of oxazole rings is 1. The number of rotatable bonds is 6. The van der Waals surface area contributed by atoms with Gasteiger partial charge in [0, 0.05) is 40.4 Å². The maximum atomic E-state index is 14.6. The van der Waals surface area contributed by atoms with E-state index in [9.17, 15) is 18.0 Å². The second kappa shape index (κ2) is 9.16. The van der Waals surface area contributed by atoms with E-state index in [-0.39, 0.29) is 23.2 Å². The zero-order chi connectivity index (χ0) is 25.4. The summed E-state index contributed by atoms with van der Waals surface area (Å²) in [6.45, 7) is -0.143. The largest absolute Gasteiger partial charge is 0.497 e. The lowest BCUT2D eigenvalue weighted by molar-refractivity contribution is -0.143. The maximum absolute atomic E-state index is 14.6. The molecule has 0 saturated carbocycles. The number of hydrogen-bond acceptors (Lipinski definition) is 5. The molecule has 0 atom stereocenters. The first-order valence-corrected chi connectivity index (χ1v) is 11.1. The molecule has 10 heteroatoms. The number of hydrogen-bond donors (Lipinski definition) is 0. The fraction of sp³-hybridized carbons (Fsp3) is 0.115. The average Bonchev–Trinajstić information content (AvgIpc) is 3.49. The normalized spacial score (nSPS) is 11.7. The van der Waals surface area contributed by atoms with E-state index in [1.807, 2.05) is 0 Å². The van der Waals surface area contributed by atoms with Gasteiger partial charge < -0.3 is 13.7 Å². The van der Waals surface area contributed by atoms with Crippen molar-refractivity contribution in [2.75, 3.05) is 7.11 Å². The van der Waals surface area contributed by atoms with Gasteiger partial charge in [0.15, 0.2) is 5.76 Å². The molecule has 2 aromatic carbocycles. The molecule has 0 aliphatic rings. The highest BCUT2D eigenvalue weighted by Crippen LogP contribution is 2.41. The third-order valence-electron chi connectivity index (χ3n) is 5.68. The summed E-state index contributed by atoms with van der Waals surface area (Å²) in [5.74, 6) is -0.910. The number of pyridine rings is 1. The molecule has 0 amide bonds. The minimum atomic E-state index is -4.86. The minimum Gasteiger partial charge on any atom is -0.497 e. The third-order valence-corrected chi connectivity index (χ3v) is 5.94. The molecule has 0 saturated heterocycles. The van der Waals surface area contributed by atoms with Crippen LogP contribution < -0.4 is 4.74 Å². The van der Waals surface area contributed by atoms with Gasteiger partial charge in [0.25, 0.3) is 11.7 Å². The van der Waals surface area contributed by atoms with E-state index in [1.165, 1.54) is 37.8 Å². The standard InChI is InChI=1S/C26H17ClF3N3O3/c1-35-18-6-7-20-19(12-18)22(23(34)25-32-13-21(36-25)16-8-10-31-11-9-16)24(26(28,29)30)33(20)14-15-2-4-17(27)5-3-15/h2-13H,14H2,1H3. The van der Waals surface area contributed by atoms with Crippen molar-refractivity contribution in [2.45, 2.75) is 12.7 Å². The highest BCUT2D eigenvalue weighted by molar-refractivity contribution is 6.30. The van der Waals surface area contributed by atoms with E-state index in [0.29, 0.717) is 21.9 Å². The van der Waals surface area contributed by atoms with Crippen molar-refractivity contribution in [3.8, 4) is 17.1 Å². The van der Waals surface area contributed by atoms with Gasteiger partial charge in [0.1, 0.15) is 11.4 Å². The van der Waals surface area contributed by atoms with Gasteiger partial charge in [0.2, 0.25) is 0 Å². The van der Waals surface area contributed by atoms with Gasteiger partial charge >= 0.3 is 6.18 Å². The quantitative estimate of drug-likeness (QED) is 0.239. The van der Waals surface area contributed by atoms with E-state index in [1.54, 1.807) is 42.5 Å². The molecule has 0 unspecified atom stereocenters. The minimum absolute atomic E-state index is 0.0734. The van der Waals surface area contributed by atoms with Crippen molar-refractivity contribution >= 4 is 28.3 Å². The van der Waals surface area contributed by atoms with Crippen molar-refractivity contribution < 1.29 is 27.1 Å². The van der Waals surface area contributed by atoms with Crippen LogP contribution in [0.25, 0.3) is 22.2 Å². The van der Waals surface area contributed by atoms with Crippen LogP contribution in [0.3, 0.4) is 0 Å². The summed E-state index contributed by atoms with van der Waals surface area (Å²) in [4.78, 5) is 21.4. The number of carbonyl (C=O) groups excluding carboxylic acids is 1. The molecule has 182 valence electrons. The van der Waals surface area contributed by atoms with E-state index < -0.39 is 29.1 Å². The molecular formula is C26H17ClF3N3O3. The molecule has 3 aromatic heterocycles. The van der Waals surface area contributed by atoms with E-state index >= 15 is 0 Å². The van der Waals surface area contributed by atoms with Crippen LogP contribution in [0.1, 0.15) is 27.5 Å². The van der Waals surface area contributed by atoms with Crippen LogP contribution in [0.15, 0.2) is 77.6 Å². The van der Waals surface area contributed by atoms with Crippen molar-refractivity contribution in [2.24, 2.45) is 0 Å². The zero-order valence-corrected chi connectivity index (χ0v) is 19.5. The third kappa shape index (κ3) is 4.33. The summed E-state index contributed by atoms with van der Waals surface area (Å²) in [6, 6.07) is 14.2. The van der Waals surface area contributed by atoms with Gasteiger partial charge in [-0.25, -0.2) is 4.98 Å². The molecule has 0 aliphatic carbocycles. The van der Waals surface area contributed by atoms with E-state index in [2.05, 4.69) is 9.97 Å². The van der Waals surface area contributed by atoms with E-state index in [0.717, 1.165) is 4.57 Å². The first kappa shape index (κ1) is 23.6. The Hall–Kier alpha value is -4.11. The SMILES string of the molecule is COc1ccc2c(c1)c(C(=O)c1ncc(-c3ccncc3)o1)c(C(F)(F)F)n2Cc1ccc(Cl)cc1. The Morgan fingerprint density at radius 3 is 2.47 bits per heavy atom. The van der Waals surface area contributed by atoms with Gasteiger partial charge in [-0.15, -0.1) is 0 Å².